The summed E-state index contributed by atoms with van der Waals surface area (Å²) in [5, 5.41) is 30.4. The number of phenolic OH excluding ortho intramolecular Hbond substituents is 1. The molecule has 7 nitrogen and oxygen atoms in total. The van der Waals surface area contributed by atoms with Crippen molar-refractivity contribution in [1.29, 1.82) is 5.26 Å². The van der Waals surface area contributed by atoms with E-state index in [9.17, 15) is 19.8 Å². The number of hydrogen-bond donors (Lipinski definition) is 2. The maximum Gasteiger partial charge on any atom is 0.300 e. The van der Waals surface area contributed by atoms with Crippen molar-refractivity contribution >= 4 is 23.1 Å². The molecule has 1 saturated heterocycles. The van der Waals surface area contributed by atoms with Gasteiger partial charge in [0.1, 0.15) is 17.3 Å². The van der Waals surface area contributed by atoms with Crippen molar-refractivity contribution in [3.8, 4) is 17.6 Å². The van der Waals surface area contributed by atoms with Gasteiger partial charge in [-0.3, -0.25) is 14.5 Å². The first-order chi connectivity index (χ1) is 16.8. The van der Waals surface area contributed by atoms with E-state index in [2.05, 4.69) is 0 Å². The van der Waals surface area contributed by atoms with Crippen LogP contribution in [0.15, 0.2) is 78.4 Å². The van der Waals surface area contributed by atoms with Gasteiger partial charge in [-0.15, -0.1) is 0 Å². The van der Waals surface area contributed by atoms with Crippen LogP contribution in [0.1, 0.15) is 36.6 Å². The maximum absolute atomic E-state index is 13.2. The first kappa shape index (κ1) is 23.6. The van der Waals surface area contributed by atoms with Crippen LogP contribution in [0.25, 0.3) is 5.76 Å². The zero-order chi connectivity index (χ0) is 25.1. The van der Waals surface area contributed by atoms with Crippen molar-refractivity contribution in [3.63, 3.8) is 0 Å². The second kappa shape index (κ2) is 9.74. The van der Waals surface area contributed by atoms with Crippen LogP contribution < -0.4 is 9.64 Å². The fourth-order valence-corrected chi connectivity index (χ4v) is 3.93. The standard InChI is InChI=1S/C28H24N2O5/c1-17(2)16-35-23-12-8-19(9-13-23)26(32)24-25(20-4-3-5-22(31)14-20)30(28(34)27(24)33)21-10-6-18(15-29)7-11-21/h3-14,17,25,31-32H,16H2,1-2H3/b26-24-. The third-order valence-electron chi connectivity index (χ3n) is 5.62. The van der Waals surface area contributed by atoms with Crippen LogP contribution in [0.4, 0.5) is 5.69 Å². The third-order valence-corrected chi connectivity index (χ3v) is 5.62. The van der Waals surface area contributed by atoms with Gasteiger partial charge in [-0.05, 0) is 72.1 Å². The number of ether oxygens (including phenoxy) is 1. The van der Waals surface area contributed by atoms with Crippen LogP contribution in [-0.4, -0.2) is 28.5 Å². The van der Waals surface area contributed by atoms with Gasteiger partial charge in [0.05, 0.1) is 29.9 Å². The first-order valence-electron chi connectivity index (χ1n) is 11.1. The van der Waals surface area contributed by atoms with Crippen LogP contribution in [-0.2, 0) is 9.59 Å². The van der Waals surface area contributed by atoms with Gasteiger partial charge in [0, 0.05) is 11.3 Å². The van der Waals surface area contributed by atoms with Crippen LogP contribution >= 0.6 is 0 Å². The Morgan fingerprint density at radius 1 is 1.06 bits per heavy atom. The smallest absolute Gasteiger partial charge is 0.300 e. The molecule has 0 aliphatic carbocycles. The van der Waals surface area contributed by atoms with Crippen molar-refractivity contribution in [1.82, 2.24) is 0 Å². The monoisotopic (exact) mass is 468 g/mol. The highest BCUT2D eigenvalue weighted by Crippen LogP contribution is 2.42. The summed E-state index contributed by atoms with van der Waals surface area (Å²) < 4.78 is 5.69. The van der Waals surface area contributed by atoms with E-state index < -0.39 is 17.7 Å². The number of aliphatic hydroxyl groups is 1. The Bertz CT molecular complexity index is 1340. The number of Topliss-reactive ketones (excluding diaryl/α,β-unsaturated/α-hetero) is 1. The molecule has 1 aliphatic rings. The van der Waals surface area contributed by atoms with E-state index in [4.69, 9.17) is 10.00 Å². The zero-order valence-electron chi connectivity index (χ0n) is 19.3. The van der Waals surface area contributed by atoms with Crippen molar-refractivity contribution in [3.05, 3.63) is 95.1 Å². The molecule has 0 spiro atoms. The second-order valence-corrected chi connectivity index (χ2v) is 8.65. The Morgan fingerprint density at radius 2 is 1.74 bits per heavy atom. The summed E-state index contributed by atoms with van der Waals surface area (Å²) in [6.07, 6.45) is 0. The van der Waals surface area contributed by atoms with Crippen LogP contribution in [0, 0.1) is 17.2 Å². The maximum atomic E-state index is 13.2. The molecule has 1 atom stereocenters. The molecule has 176 valence electrons. The largest absolute Gasteiger partial charge is 0.508 e. The molecule has 35 heavy (non-hydrogen) atoms. The molecule has 0 radical (unpaired) electrons. The number of ketones is 1. The van der Waals surface area contributed by atoms with E-state index in [-0.39, 0.29) is 17.1 Å². The Labute approximate surface area is 203 Å². The van der Waals surface area contributed by atoms with E-state index >= 15 is 0 Å². The number of nitrogens with zero attached hydrogens (tertiary/aromatic N) is 2. The number of aliphatic hydroxyl groups excluding tert-OH is 1. The minimum Gasteiger partial charge on any atom is -0.508 e. The van der Waals surface area contributed by atoms with Crippen molar-refractivity contribution < 1.29 is 24.5 Å². The lowest BCUT2D eigenvalue weighted by atomic mass is 9.95. The van der Waals surface area contributed by atoms with E-state index in [1.165, 1.54) is 17.0 Å². The highest BCUT2D eigenvalue weighted by molar-refractivity contribution is 6.51. The summed E-state index contributed by atoms with van der Waals surface area (Å²) in [7, 11) is 0. The number of benzene rings is 3. The fraction of sp³-hybridized carbons (Fsp3) is 0.179. The number of anilines is 1. The quantitative estimate of drug-likeness (QED) is 0.302. The SMILES string of the molecule is CC(C)COc1ccc(/C(O)=C2/C(=O)C(=O)N(c3ccc(C#N)cc3)C2c2cccc(O)c2)cc1. The average Bonchev–Trinajstić information content (AvgIpc) is 3.13. The number of carbonyl (C=O) groups excluding carboxylic acids is 2. The number of phenols is 1. The number of aromatic hydroxyl groups is 1. The lowest BCUT2D eigenvalue weighted by Crippen LogP contribution is -2.29. The molecule has 0 saturated carbocycles. The molecule has 0 bridgehead atoms. The van der Waals surface area contributed by atoms with Gasteiger partial charge >= 0.3 is 0 Å². The Hall–Kier alpha value is -4.57. The molecule has 1 aliphatic heterocycles. The molecule has 1 amide bonds. The normalized spacial score (nSPS) is 17.0. The minimum atomic E-state index is -0.980. The zero-order valence-corrected chi connectivity index (χ0v) is 19.3. The summed E-state index contributed by atoms with van der Waals surface area (Å²) in [5.74, 6) is -1.06. The fourth-order valence-electron chi connectivity index (χ4n) is 3.93. The van der Waals surface area contributed by atoms with Gasteiger partial charge in [0.15, 0.2) is 0 Å². The lowest BCUT2D eigenvalue weighted by Gasteiger charge is -2.25. The Balaban J connectivity index is 1.82. The molecule has 1 heterocycles. The molecular weight excluding hydrogens is 444 g/mol. The molecule has 2 N–H and O–H groups in total. The molecule has 1 fully saturated rings. The molecule has 7 heteroatoms. The summed E-state index contributed by atoms with van der Waals surface area (Å²) in [6.45, 7) is 4.61. The topological polar surface area (TPSA) is 111 Å². The van der Waals surface area contributed by atoms with E-state index in [1.54, 1.807) is 60.7 Å². The second-order valence-electron chi connectivity index (χ2n) is 8.65. The van der Waals surface area contributed by atoms with Gasteiger partial charge in [-0.2, -0.15) is 5.26 Å². The molecule has 1 unspecified atom stereocenters. The molecule has 0 aromatic heterocycles. The van der Waals surface area contributed by atoms with Crippen LogP contribution in [0.3, 0.4) is 0 Å². The first-order valence-corrected chi connectivity index (χ1v) is 11.1. The predicted molar refractivity (Wildman–Crippen MR) is 131 cm³/mol. The number of carbonyl (C=O) groups is 2. The molecule has 3 aromatic carbocycles. The highest BCUT2D eigenvalue weighted by atomic mass is 16.5. The molecular formula is C28H24N2O5. The average molecular weight is 469 g/mol. The van der Waals surface area contributed by atoms with E-state index in [1.807, 2.05) is 19.9 Å². The van der Waals surface area contributed by atoms with E-state index in [0.717, 1.165) is 0 Å². The number of amides is 1. The van der Waals surface area contributed by atoms with Crippen LogP contribution in [0.5, 0.6) is 11.5 Å². The van der Waals surface area contributed by atoms with Crippen molar-refractivity contribution in [2.45, 2.75) is 19.9 Å². The van der Waals surface area contributed by atoms with Gasteiger partial charge in [-0.25, -0.2) is 0 Å². The highest BCUT2D eigenvalue weighted by Gasteiger charge is 2.47. The number of rotatable bonds is 6. The summed E-state index contributed by atoms with van der Waals surface area (Å²) in [5.41, 5.74) is 1.49. The van der Waals surface area contributed by atoms with Gasteiger partial charge in [0.25, 0.3) is 11.7 Å². The van der Waals surface area contributed by atoms with Crippen molar-refractivity contribution in [2.75, 3.05) is 11.5 Å². The van der Waals surface area contributed by atoms with Gasteiger partial charge in [-0.1, -0.05) is 26.0 Å². The summed E-state index contributed by atoms with van der Waals surface area (Å²) in [4.78, 5) is 27.6. The van der Waals surface area contributed by atoms with Gasteiger partial charge < -0.3 is 14.9 Å². The van der Waals surface area contributed by atoms with Crippen LogP contribution in [0.2, 0.25) is 0 Å². The summed E-state index contributed by atoms with van der Waals surface area (Å²) in [6, 6.07) is 20.1. The Kier molecular flexibility index (Phi) is 6.56. The third kappa shape index (κ3) is 4.73. The van der Waals surface area contributed by atoms with Gasteiger partial charge in [0.2, 0.25) is 0 Å². The number of nitriles is 1. The lowest BCUT2D eigenvalue weighted by molar-refractivity contribution is -0.132. The van der Waals surface area contributed by atoms with E-state index in [0.29, 0.717) is 40.7 Å². The molecule has 3 aromatic rings. The molecule has 4 rings (SSSR count). The number of hydrogen-bond acceptors (Lipinski definition) is 6. The Morgan fingerprint density at radius 3 is 2.34 bits per heavy atom. The minimum absolute atomic E-state index is 0.0421. The van der Waals surface area contributed by atoms with Crippen molar-refractivity contribution in [2.24, 2.45) is 5.92 Å². The summed E-state index contributed by atoms with van der Waals surface area (Å²) >= 11 is 0. The predicted octanol–water partition coefficient (Wildman–Crippen LogP) is 4.92.